The van der Waals surface area contributed by atoms with Gasteiger partial charge >= 0.3 is 0 Å². The van der Waals surface area contributed by atoms with Crippen molar-refractivity contribution >= 4 is 0 Å². The summed E-state index contributed by atoms with van der Waals surface area (Å²) in [6.45, 7) is 3.36. The molecule has 0 fully saturated rings. The number of hydrogen-bond acceptors (Lipinski definition) is 4. The van der Waals surface area contributed by atoms with E-state index in [9.17, 15) is 0 Å². The molecule has 0 spiro atoms. The summed E-state index contributed by atoms with van der Waals surface area (Å²) < 4.78 is 10.6. The van der Waals surface area contributed by atoms with Crippen LogP contribution >= 0.6 is 0 Å². The van der Waals surface area contributed by atoms with Crippen molar-refractivity contribution in [2.45, 2.75) is 26.4 Å². The minimum Gasteiger partial charge on any atom is -0.468 e. The number of aryl methyl sites for hydroxylation is 1. The van der Waals surface area contributed by atoms with Gasteiger partial charge in [0.25, 0.3) is 0 Å². The molecule has 0 radical (unpaired) electrons. The number of oxazole rings is 1. The number of furan rings is 1. The monoisotopic (exact) mass is 206 g/mol. The van der Waals surface area contributed by atoms with Crippen molar-refractivity contribution in [3.05, 3.63) is 42.0 Å². The van der Waals surface area contributed by atoms with Crippen LogP contribution in [0.15, 0.2) is 33.4 Å². The fraction of sp³-hybridized carbons (Fsp3) is 0.364. The van der Waals surface area contributed by atoms with Crippen molar-refractivity contribution in [3.8, 4) is 0 Å². The van der Waals surface area contributed by atoms with E-state index < -0.39 is 0 Å². The van der Waals surface area contributed by atoms with Crippen LogP contribution in [0.1, 0.15) is 24.3 Å². The topological polar surface area (TPSA) is 51.2 Å². The molecular weight excluding hydrogens is 192 g/mol. The standard InChI is InChI=1S/C11H14N2O2/c1-2-9-7-13-11(15-9)8-12-6-10-4-3-5-14-10/h3-5,7,12H,2,6,8H2,1H3. The highest BCUT2D eigenvalue weighted by Crippen LogP contribution is 2.04. The normalized spacial score (nSPS) is 10.7. The molecule has 0 bridgehead atoms. The molecule has 4 nitrogen and oxygen atoms in total. The minimum atomic E-state index is 0.626. The molecule has 2 rings (SSSR count). The smallest absolute Gasteiger partial charge is 0.208 e. The molecule has 2 aromatic heterocycles. The molecule has 2 aromatic rings. The first-order valence-corrected chi connectivity index (χ1v) is 5.05. The maximum Gasteiger partial charge on any atom is 0.208 e. The van der Waals surface area contributed by atoms with Crippen LogP contribution in [-0.4, -0.2) is 4.98 Å². The fourth-order valence-corrected chi connectivity index (χ4v) is 1.30. The van der Waals surface area contributed by atoms with E-state index in [0.29, 0.717) is 13.1 Å². The van der Waals surface area contributed by atoms with Gasteiger partial charge < -0.3 is 14.2 Å². The summed E-state index contributed by atoms with van der Waals surface area (Å²) in [6.07, 6.45) is 4.31. The van der Waals surface area contributed by atoms with Crippen molar-refractivity contribution in [3.63, 3.8) is 0 Å². The van der Waals surface area contributed by atoms with Crippen LogP contribution in [0.4, 0.5) is 0 Å². The zero-order valence-corrected chi connectivity index (χ0v) is 8.69. The van der Waals surface area contributed by atoms with E-state index in [2.05, 4.69) is 10.3 Å². The van der Waals surface area contributed by atoms with Gasteiger partial charge in [0.05, 0.1) is 25.5 Å². The molecule has 0 aliphatic carbocycles. The van der Waals surface area contributed by atoms with E-state index in [1.807, 2.05) is 19.1 Å². The highest BCUT2D eigenvalue weighted by atomic mass is 16.4. The van der Waals surface area contributed by atoms with E-state index in [0.717, 1.165) is 23.8 Å². The van der Waals surface area contributed by atoms with Crippen molar-refractivity contribution < 1.29 is 8.83 Å². The van der Waals surface area contributed by atoms with Gasteiger partial charge in [-0.2, -0.15) is 0 Å². The van der Waals surface area contributed by atoms with Crippen molar-refractivity contribution in [1.29, 1.82) is 0 Å². The minimum absolute atomic E-state index is 0.626. The third-order valence-electron chi connectivity index (χ3n) is 2.11. The molecule has 0 saturated carbocycles. The van der Waals surface area contributed by atoms with E-state index in [4.69, 9.17) is 8.83 Å². The maximum absolute atomic E-state index is 5.45. The van der Waals surface area contributed by atoms with E-state index in [1.165, 1.54) is 0 Å². The molecule has 1 N–H and O–H groups in total. The Morgan fingerprint density at radius 2 is 2.27 bits per heavy atom. The summed E-state index contributed by atoms with van der Waals surface area (Å²) in [5, 5.41) is 3.19. The van der Waals surface area contributed by atoms with Gasteiger partial charge in [0.1, 0.15) is 11.5 Å². The van der Waals surface area contributed by atoms with Gasteiger partial charge in [0, 0.05) is 6.42 Å². The van der Waals surface area contributed by atoms with E-state index >= 15 is 0 Å². The number of nitrogens with zero attached hydrogens (tertiary/aromatic N) is 1. The molecule has 0 amide bonds. The van der Waals surface area contributed by atoms with Crippen LogP contribution in [-0.2, 0) is 19.5 Å². The predicted molar refractivity (Wildman–Crippen MR) is 55.1 cm³/mol. The molecule has 2 heterocycles. The predicted octanol–water partition coefficient (Wildman–Crippen LogP) is 2.12. The Kier molecular flexibility index (Phi) is 3.19. The lowest BCUT2D eigenvalue weighted by atomic mass is 10.4. The van der Waals surface area contributed by atoms with Gasteiger partial charge in [0.2, 0.25) is 5.89 Å². The lowest BCUT2D eigenvalue weighted by Gasteiger charge is -1.98. The second kappa shape index (κ2) is 4.79. The Morgan fingerprint density at radius 1 is 1.33 bits per heavy atom. The molecule has 4 heteroatoms. The Bertz CT molecular complexity index is 392. The molecular formula is C11H14N2O2. The van der Waals surface area contributed by atoms with Gasteiger partial charge in [-0.05, 0) is 12.1 Å². The average Bonchev–Trinajstić information content (AvgIpc) is 2.88. The van der Waals surface area contributed by atoms with E-state index in [1.54, 1.807) is 12.5 Å². The van der Waals surface area contributed by atoms with Gasteiger partial charge in [0.15, 0.2) is 0 Å². The number of rotatable bonds is 5. The molecule has 0 aromatic carbocycles. The highest BCUT2D eigenvalue weighted by molar-refractivity contribution is 4.98. The van der Waals surface area contributed by atoms with Crippen LogP contribution in [0, 0.1) is 0 Å². The molecule has 0 aliphatic heterocycles. The van der Waals surface area contributed by atoms with Gasteiger partial charge in [-0.15, -0.1) is 0 Å². The average molecular weight is 206 g/mol. The summed E-state index contributed by atoms with van der Waals surface area (Å²) in [7, 11) is 0. The van der Waals surface area contributed by atoms with Crippen LogP contribution < -0.4 is 5.32 Å². The van der Waals surface area contributed by atoms with Crippen LogP contribution in [0.3, 0.4) is 0 Å². The second-order valence-electron chi connectivity index (χ2n) is 3.26. The number of nitrogens with one attached hydrogen (secondary N) is 1. The molecule has 0 aliphatic rings. The molecule has 0 atom stereocenters. The van der Waals surface area contributed by atoms with Gasteiger partial charge in [-0.3, -0.25) is 0 Å². The lowest BCUT2D eigenvalue weighted by Crippen LogP contribution is -2.12. The van der Waals surface area contributed by atoms with Crippen LogP contribution in [0.5, 0.6) is 0 Å². The lowest BCUT2D eigenvalue weighted by molar-refractivity contribution is 0.424. The zero-order valence-electron chi connectivity index (χ0n) is 8.69. The van der Waals surface area contributed by atoms with Crippen LogP contribution in [0.25, 0.3) is 0 Å². The van der Waals surface area contributed by atoms with Crippen molar-refractivity contribution in [2.75, 3.05) is 0 Å². The first-order valence-electron chi connectivity index (χ1n) is 5.05. The first kappa shape index (κ1) is 9.98. The Labute approximate surface area is 88.3 Å². The van der Waals surface area contributed by atoms with Crippen molar-refractivity contribution in [1.82, 2.24) is 10.3 Å². The Morgan fingerprint density at radius 3 is 2.93 bits per heavy atom. The highest BCUT2D eigenvalue weighted by Gasteiger charge is 2.02. The summed E-state index contributed by atoms with van der Waals surface area (Å²) in [5.74, 6) is 2.56. The molecule has 0 unspecified atom stereocenters. The Hall–Kier alpha value is -1.55. The summed E-state index contributed by atoms with van der Waals surface area (Å²) >= 11 is 0. The molecule has 15 heavy (non-hydrogen) atoms. The third-order valence-corrected chi connectivity index (χ3v) is 2.11. The maximum atomic E-state index is 5.45. The SMILES string of the molecule is CCc1cnc(CNCc2ccco2)o1. The van der Waals surface area contributed by atoms with Crippen molar-refractivity contribution in [2.24, 2.45) is 0 Å². The summed E-state index contributed by atoms with van der Waals surface area (Å²) in [4.78, 5) is 4.15. The van der Waals surface area contributed by atoms with Gasteiger partial charge in [-0.1, -0.05) is 6.92 Å². The van der Waals surface area contributed by atoms with Gasteiger partial charge in [-0.25, -0.2) is 4.98 Å². The zero-order chi connectivity index (χ0) is 10.5. The fourth-order valence-electron chi connectivity index (χ4n) is 1.30. The van der Waals surface area contributed by atoms with Crippen LogP contribution in [0.2, 0.25) is 0 Å². The third kappa shape index (κ3) is 2.70. The number of hydrogen-bond donors (Lipinski definition) is 1. The Balaban J connectivity index is 1.78. The summed E-state index contributed by atoms with van der Waals surface area (Å²) in [5.41, 5.74) is 0. The quantitative estimate of drug-likeness (QED) is 0.814. The first-order chi connectivity index (χ1) is 7.38. The molecule has 0 saturated heterocycles. The number of aromatic nitrogens is 1. The molecule has 80 valence electrons. The van der Waals surface area contributed by atoms with E-state index in [-0.39, 0.29) is 0 Å². The largest absolute Gasteiger partial charge is 0.468 e. The second-order valence-corrected chi connectivity index (χ2v) is 3.26. The summed E-state index contributed by atoms with van der Waals surface area (Å²) in [6, 6.07) is 3.80.